The molecule has 2 aromatic carbocycles. The molecule has 1 amide bonds. The number of nitrogens with zero attached hydrogens (tertiary/aromatic N) is 1. The lowest BCUT2D eigenvalue weighted by molar-refractivity contribution is -0.116. The molecule has 142 valence electrons. The van der Waals surface area contributed by atoms with Gasteiger partial charge in [0.2, 0.25) is 5.91 Å². The number of carbonyl (C=O) groups excluding carboxylic acids is 1. The molecule has 1 aliphatic rings. The van der Waals surface area contributed by atoms with E-state index >= 15 is 0 Å². The number of nitrogens with one attached hydrogen (secondary N) is 1. The Morgan fingerprint density at radius 1 is 1.15 bits per heavy atom. The van der Waals surface area contributed by atoms with E-state index in [0.29, 0.717) is 6.54 Å². The molecule has 1 heterocycles. The number of amides is 1. The van der Waals surface area contributed by atoms with Gasteiger partial charge in [0.25, 0.3) is 0 Å². The van der Waals surface area contributed by atoms with Crippen molar-refractivity contribution in [1.82, 2.24) is 10.2 Å². The summed E-state index contributed by atoms with van der Waals surface area (Å²) in [6.07, 6.45) is 1.68. The summed E-state index contributed by atoms with van der Waals surface area (Å²) < 4.78 is 5.50. The molecule has 1 unspecified atom stereocenters. The number of morpholine rings is 1. The molecule has 1 aliphatic heterocycles. The minimum atomic E-state index is -0.0535. The molecule has 4 nitrogen and oxygen atoms in total. The van der Waals surface area contributed by atoms with Crippen LogP contribution in [0.4, 0.5) is 0 Å². The molecule has 0 saturated carbocycles. The monoisotopic (exact) mass is 364 g/mol. The van der Waals surface area contributed by atoms with Crippen LogP contribution in [-0.4, -0.2) is 43.7 Å². The number of carbonyl (C=O) groups is 1. The Hall–Kier alpha value is -2.43. The van der Waals surface area contributed by atoms with E-state index in [1.165, 1.54) is 11.1 Å². The van der Waals surface area contributed by atoms with Gasteiger partial charge in [-0.05, 0) is 30.5 Å². The zero-order chi connectivity index (χ0) is 19.1. The highest BCUT2D eigenvalue weighted by Gasteiger charge is 2.23. The van der Waals surface area contributed by atoms with E-state index in [1.807, 2.05) is 37.3 Å². The second-order valence-electron chi connectivity index (χ2n) is 7.02. The maximum Gasteiger partial charge on any atom is 0.244 e. The Bertz CT molecular complexity index is 780. The average Bonchev–Trinajstić information content (AvgIpc) is 2.70. The Balaban J connectivity index is 1.69. The van der Waals surface area contributed by atoms with Gasteiger partial charge in [-0.25, -0.2) is 0 Å². The number of ether oxygens (including phenoxy) is 1. The molecule has 0 aromatic heterocycles. The molecular weight excluding hydrogens is 336 g/mol. The Morgan fingerprint density at radius 2 is 1.89 bits per heavy atom. The minimum absolute atomic E-state index is 0.0535. The van der Waals surface area contributed by atoms with Gasteiger partial charge in [-0.3, -0.25) is 9.69 Å². The first-order chi connectivity index (χ1) is 13.1. The standard InChI is InChI=1S/C23H28N2O2/c1-18-7-6-10-21(15-18)22(25-11-13-27-14-12-25)17-24-23(26)16-19(2)20-8-4-3-5-9-20/h3-10,15-16,22H,11-14,17H2,1-2H3,(H,24,26)/b19-16+. The van der Waals surface area contributed by atoms with Gasteiger partial charge in [-0.1, -0.05) is 60.2 Å². The summed E-state index contributed by atoms with van der Waals surface area (Å²) >= 11 is 0. The van der Waals surface area contributed by atoms with Crippen LogP contribution in [0.3, 0.4) is 0 Å². The van der Waals surface area contributed by atoms with E-state index in [-0.39, 0.29) is 11.9 Å². The van der Waals surface area contributed by atoms with E-state index in [1.54, 1.807) is 6.08 Å². The maximum absolute atomic E-state index is 12.5. The molecule has 0 bridgehead atoms. The van der Waals surface area contributed by atoms with Crippen LogP contribution in [0, 0.1) is 6.92 Å². The van der Waals surface area contributed by atoms with Crippen molar-refractivity contribution in [2.45, 2.75) is 19.9 Å². The van der Waals surface area contributed by atoms with Crippen molar-refractivity contribution in [3.63, 3.8) is 0 Å². The summed E-state index contributed by atoms with van der Waals surface area (Å²) in [5.41, 5.74) is 4.50. The van der Waals surface area contributed by atoms with Crippen LogP contribution >= 0.6 is 0 Å². The van der Waals surface area contributed by atoms with Gasteiger partial charge in [0.15, 0.2) is 0 Å². The third kappa shape index (κ3) is 5.52. The molecule has 27 heavy (non-hydrogen) atoms. The number of hydrogen-bond donors (Lipinski definition) is 1. The number of hydrogen-bond acceptors (Lipinski definition) is 3. The summed E-state index contributed by atoms with van der Waals surface area (Å²) in [5, 5.41) is 3.10. The average molecular weight is 364 g/mol. The van der Waals surface area contributed by atoms with Gasteiger partial charge < -0.3 is 10.1 Å². The Labute approximate surface area is 161 Å². The highest BCUT2D eigenvalue weighted by molar-refractivity contribution is 5.94. The predicted molar refractivity (Wildman–Crippen MR) is 109 cm³/mol. The molecule has 0 aliphatic carbocycles. The van der Waals surface area contributed by atoms with Crippen LogP contribution in [-0.2, 0) is 9.53 Å². The smallest absolute Gasteiger partial charge is 0.244 e. The van der Waals surface area contributed by atoms with E-state index in [4.69, 9.17) is 4.74 Å². The lowest BCUT2D eigenvalue weighted by Crippen LogP contribution is -2.43. The first-order valence-electron chi connectivity index (χ1n) is 9.53. The quantitative estimate of drug-likeness (QED) is 0.797. The van der Waals surface area contributed by atoms with Gasteiger partial charge >= 0.3 is 0 Å². The first kappa shape index (κ1) is 19.3. The number of aryl methyl sites for hydroxylation is 1. The first-order valence-corrected chi connectivity index (χ1v) is 9.53. The topological polar surface area (TPSA) is 41.6 Å². The van der Waals surface area contributed by atoms with Crippen molar-refractivity contribution in [2.75, 3.05) is 32.8 Å². The van der Waals surface area contributed by atoms with Crippen molar-refractivity contribution in [1.29, 1.82) is 0 Å². The second kappa shape index (κ2) is 9.49. The maximum atomic E-state index is 12.5. The fourth-order valence-electron chi connectivity index (χ4n) is 3.45. The van der Waals surface area contributed by atoms with Crippen LogP contribution in [0.1, 0.15) is 29.7 Å². The van der Waals surface area contributed by atoms with Crippen LogP contribution in [0.2, 0.25) is 0 Å². The van der Waals surface area contributed by atoms with Crippen LogP contribution in [0.15, 0.2) is 60.7 Å². The van der Waals surface area contributed by atoms with Crippen molar-refractivity contribution < 1.29 is 9.53 Å². The van der Waals surface area contributed by atoms with Crippen molar-refractivity contribution in [2.24, 2.45) is 0 Å². The van der Waals surface area contributed by atoms with Gasteiger partial charge in [0.05, 0.1) is 19.3 Å². The Kier molecular flexibility index (Phi) is 6.80. The predicted octanol–water partition coefficient (Wildman–Crippen LogP) is 3.59. The summed E-state index contributed by atoms with van der Waals surface area (Å²) in [6.45, 7) is 7.90. The van der Waals surface area contributed by atoms with Gasteiger partial charge in [0.1, 0.15) is 0 Å². The third-order valence-corrected chi connectivity index (χ3v) is 4.96. The fraction of sp³-hybridized carbons (Fsp3) is 0.348. The Morgan fingerprint density at radius 3 is 2.59 bits per heavy atom. The molecule has 0 radical (unpaired) electrons. The summed E-state index contributed by atoms with van der Waals surface area (Å²) in [4.78, 5) is 14.9. The molecule has 1 N–H and O–H groups in total. The lowest BCUT2D eigenvalue weighted by atomic mass is 10.0. The molecule has 4 heteroatoms. The van der Waals surface area contributed by atoms with E-state index in [9.17, 15) is 4.79 Å². The zero-order valence-electron chi connectivity index (χ0n) is 16.2. The molecule has 1 atom stereocenters. The number of allylic oxidation sites excluding steroid dienone is 1. The highest BCUT2D eigenvalue weighted by atomic mass is 16.5. The van der Waals surface area contributed by atoms with Crippen LogP contribution < -0.4 is 5.32 Å². The van der Waals surface area contributed by atoms with Gasteiger partial charge in [-0.2, -0.15) is 0 Å². The number of benzene rings is 2. The molecule has 1 fully saturated rings. The van der Waals surface area contributed by atoms with Crippen molar-refractivity contribution >= 4 is 11.5 Å². The largest absolute Gasteiger partial charge is 0.379 e. The molecule has 1 saturated heterocycles. The summed E-state index contributed by atoms with van der Waals surface area (Å²) in [5.74, 6) is -0.0535. The van der Waals surface area contributed by atoms with E-state index < -0.39 is 0 Å². The fourth-order valence-corrected chi connectivity index (χ4v) is 3.45. The molecule has 2 aromatic rings. The van der Waals surface area contributed by atoms with Crippen LogP contribution in [0.5, 0.6) is 0 Å². The van der Waals surface area contributed by atoms with Crippen LogP contribution in [0.25, 0.3) is 5.57 Å². The van der Waals surface area contributed by atoms with E-state index in [0.717, 1.165) is 37.4 Å². The summed E-state index contributed by atoms with van der Waals surface area (Å²) in [6, 6.07) is 18.7. The highest BCUT2D eigenvalue weighted by Crippen LogP contribution is 2.22. The SMILES string of the molecule is C/C(=C\C(=O)NCC(c1cccc(C)c1)N1CCOCC1)c1ccccc1. The number of rotatable bonds is 6. The van der Waals surface area contributed by atoms with E-state index in [2.05, 4.69) is 41.4 Å². The molecular formula is C23H28N2O2. The van der Waals surface area contributed by atoms with Crippen molar-refractivity contribution in [3.05, 3.63) is 77.4 Å². The normalized spacial score (nSPS) is 16.7. The molecule has 0 spiro atoms. The minimum Gasteiger partial charge on any atom is -0.379 e. The second-order valence-corrected chi connectivity index (χ2v) is 7.02. The lowest BCUT2D eigenvalue weighted by Gasteiger charge is -2.35. The van der Waals surface area contributed by atoms with Gasteiger partial charge in [-0.15, -0.1) is 0 Å². The zero-order valence-corrected chi connectivity index (χ0v) is 16.2. The third-order valence-electron chi connectivity index (χ3n) is 4.96. The molecule has 3 rings (SSSR count). The van der Waals surface area contributed by atoms with Gasteiger partial charge in [0, 0.05) is 25.7 Å². The summed E-state index contributed by atoms with van der Waals surface area (Å²) in [7, 11) is 0. The van der Waals surface area contributed by atoms with Crippen molar-refractivity contribution in [3.8, 4) is 0 Å².